The fourth-order valence-corrected chi connectivity index (χ4v) is 2.10. The molecule has 1 aromatic carbocycles. The fourth-order valence-electron chi connectivity index (χ4n) is 2.10. The van der Waals surface area contributed by atoms with Crippen LogP contribution in [0, 0.1) is 0 Å². The average molecular weight is 286 g/mol. The van der Waals surface area contributed by atoms with Crippen LogP contribution in [0.1, 0.15) is 25.3 Å². The number of hydrogen-bond donors (Lipinski definition) is 2. The average Bonchev–Trinajstić information content (AvgIpc) is 2.99. The highest BCUT2D eigenvalue weighted by molar-refractivity contribution is 5.74. The summed E-state index contributed by atoms with van der Waals surface area (Å²) in [5.74, 6) is 0. The molecular weight excluding hydrogens is 264 g/mol. The molecule has 112 valence electrons. The van der Waals surface area contributed by atoms with Crippen molar-refractivity contribution in [2.75, 3.05) is 13.6 Å². The summed E-state index contributed by atoms with van der Waals surface area (Å²) >= 11 is 0. The molecule has 5 heteroatoms. The first-order valence-electron chi connectivity index (χ1n) is 7.29. The van der Waals surface area contributed by atoms with Crippen LogP contribution in [-0.2, 0) is 6.54 Å². The monoisotopic (exact) mass is 286 g/mol. The number of nitrogens with one attached hydrogen (secondary N) is 2. The van der Waals surface area contributed by atoms with E-state index in [9.17, 15) is 4.79 Å². The summed E-state index contributed by atoms with van der Waals surface area (Å²) in [4.78, 5) is 13.7. The van der Waals surface area contributed by atoms with Gasteiger partial charge in [0.2, 0.25) is 0 Å². The van der Waals surface area contributed by atoms with Crippen LogP contribution in [0.5, 0.6) is 0 Å². The highest BCUT2D eigenvalue weighted by Gasteiger charge is 2.11. The number of carbonyl (C=O) groups is 1. The van der Waals surface area contributed by atoms with Crippen molar-refractivity contribution in [2.45, 2.75) is 26.3 Å². The quantitative estimate of drug-likeness (QED) is 0.857. The van der Waals surface area contributed by atoms with E-state index in [1.807, 2.05) is 37.4 Å². The van der Waals surface area contributed by atoms with Crippen LogP contribution in [0.3, 0.4) is 0 Å². The molecule has 0 radical (unpaired) electrons. The molecule has 5 nitrogen and oxygen atoms in total. The molecule has 2 amide bonds. The van der Waals surface area contributed by atoms with Crippen LogP contribution < -0.4 is 5.32 Å². The van der Waals surface area contributed by atoms with Gasteiger partial charge in [0.15, 0.2) is 0 Å². The summed E-state index contributed by atoms with van der Waals surface area (Å²) in [7, 11) is 1.82. The van der Waals surface area contributed by atoms with Gasteiger partial charge in [0, 0.05) is 25.7 Å². The van der Waals surface area contributed by atoms with Crippen molar-refractivity contribution in [3.8, 4) is 11.3 Å². The summed E-state index contributed by atoms with van der Waals surface area (Å²) < 4.78 is 0. The first-order valence-corrected chi connectivity index (χ1v) is 7.29. The lowest BCUT2D eigenvalue weighted by Crippen LogP contribution is -2.37. The Morgan fingerprint density at radius 3 is 2.81 bits per heavy atom. The van der Waals surface area contributed by atoms with E-state index in [2.05, 4.69) is 22.4 Å². The second-order valence-corrected chi connectivity index (χ2v) is 5.07. The number of nitrogens with zero attached hydrogens (tertiary/aromatic N) is 2. The van der Waals surface area contributed by atoms with Crippen LogP contribution >= 0.6 is 0 Å². The third-order valence-electron chi connectivity index (χ3n) is 3.40. The van der Waals surface area contributed by atoms with Crippen molar-refractivity contribution >= 4 is 6.03 Å². The summed E-state index contributed by atoms with van der Waals surface area (Å²) in [6.07, 6.45) is 3.86. The molecule has 0 aliphatic rings. The van der Waals surface area contributed by atoms with Gasteiger partial charge in [-0.3, -0.25) is 5.10 Å². The minimum Gasteiger partial charge on any atom is -0.334 e. The lowest BCUT2D eigenvalue weighted by Gasteiger charge is -2.17. The Morgan fingerprint density at radius 1 is 1.33 bits per heavy atom. The lowest BCUT2D eigenvalue weighted by molar-refractivity contribution is 0.207. The van der Waals surface area contributed by atoms with Gasteiger partial charge in [0.1, 0.15) is 0 Å². The molecule has 0 atom stereocenters. The number of unbranched alkanes of at least 4 members (excludes halogenated alkanes) is 1. The van der Waals surface area contributed by atoms with E-state index in [0.717, 1.165) is 36.2 Å². The number of aromatic nitrogens is 2. The number of urea groups is 1. The molecule has 2 N–H and O–H groups in total. The Balaban J connectivity index is 1.96. The fraction of sp³-hybridized carbons (Fsp3) is 0.375. The summed E-state index contributed by atoms with van der Waals surface area (Å²) in [5, 5.41) is 10.0. The third-order valence-corrected chi connectivity index (χ3v) is 3.40. The number of hydrogen-bond acceptors (Lipinski definition) is 2. The van der Waals surface area contributed by atoms with Crippen molar-refractivity contribution in [3.63, 3.8) is 0 Å². The first-order chi connectivity index (χ1) is 10.2. The van der Waals surface area contributed by atoms with Gasteiger partial charge in [-0.15, -0.1) is 0 Å². The van der Waals surface area contributed by atoms with Crippen LogP contribution in [-0.4, -0.2) is 34.7 Å². The number of aromatic amines is 1. The van der Waals surface area contributed by atoms with Crippen LogP contribution in [0.25, 0.3) is 11.3 Å². The van der Waals surface area contributed by atoms with Crippen molar-refractivity contribution in [3.05, 3.63) is 42.1 Å². The van der Waals surface area contributed by atoms with Gasteiger partial charge in [-0.25, -0.2) is 4.79 Å². The van der Waals surface area contributed by atoms with Crippen molar-refractivity contribution < 1.29 is 4.79 Å². The van der Waals surface area contributed by atoms with Gasteiger partial charge >= 0.3 is 6.03 Å². The highest BCUT2D eigenvalue weighted by Crippen LogP contribution is 2.20. The van der Waals surface area contributed by atoms with Gasteiger partial charge in [0.05, 0.1) is 11.9 Å². The van der Waals surface area contributed by atoms with Gasteiger partial charge in [-0.05, 0) is 12.0 Å². The zero-order valence-corrected chi connectivity index (χ0v) is 12.6. The molecule has 0 aliphatic heterocycles. The number of rotatable bonds is 6. The maximum Gasteiger partial charge on any atom is 0.317 e. The lowest BCUT2D eigenvalue weighted by atomic mass is 10.1. The van der Waals surface area contributed by atoms with Gasteiger partial charge < -0.3 is 10.2 Å². The van der Waals surface area contributed by atoms with E-state index in [1.165, 1.54) is 0 Å². The number of H-pyrrole nitrogens is 1. The Bertz CT molecular complexity index is 565. The van der Waals surface area contributed by atoms with Crippen LogP contribution in [0.15, 0.2) is 36.5 Å². The smallest absolute Gasteiger partial charge is 0.317 e. The standard InChI is InChI=1S/C16H22N4O/c1-3-4-10-20(2)16(21)17-11-14-12-18-19-15(14)13-8-6-5-7-9-13/h5-9,12H,3-4,10-11H2,1-2H3,(H,17,21)(H,18,19). The van der Waals surface area contributed by atoms with Gasteiger partial charge in [0.25, 0.3) is 0 Å². The second kappa shape index (κ2) is 7.47. The molecule has 0 bridgehead atoms. The minimum atomic E-state index is -0.0522. The Kier molecular flexibility index (Phi) is 5.37. The first kappa shape index (κ1) is 15.1. The van der Waals surface area contributed by atoms with Crippen LogP contribution in [0.2, 0.25) is 0 Å². The number of amides is 2. The normalized spacial score (nSPS) is 10.4. The summed E-state index contributed by atoms with van der Waals surface area (Å²) in [5.41, 5.74) is 3.00. The molecule has 0 saturated heterocycles. The maximum atomic E-state index is 12.0. The third kappa shape index (κ3) is 4.08. The van der Waals surface area contributed by atoms with E-state index in [0.29, 0.717) is 6.54 Å². The van der Waals surface area contributed by atoms with Crippen LogP contribution in [0.4, 0.5) is 4.79 Å². The molecule has 0 saturated carbocycles. The highest BCUT2D eigenvalue weighted by atomic mass is 16.2. The maximum absolute atomic E-state index is 12.0. The van der Waals surface area contributed by atoms with Crippen molar-refractivity contribution in [1.82, 2.24) is 20.4 Å². The predicted molar refractivity (Wildman–Crippen MR) is 83.8 cm³/mol. The Hall–Kier alpha value is -2.30. The minimum absolute atomic E-state index is 0.0522. The SMILES string of the molecule is CCCCN(C)C(=O)NCc1cn[nH]c1-c1ccccc1. The summed E-state index contributed by atoms with van der Waals surface area (Å²) in [6.45, 7) is 3.36. The largest absolute Gasteiger partial charge is 0.334 e. The molecule has 1 heterocycles. The molecule has 21 heavy (non-hydrogen) atoms. The molecule has 0 aliphatic carbocycles. The van der Waals surface area contributed by atoms with E-state index in [4.69, 9.17) is 0 Å². The van der Waals surface area contributed by atoms with E-state index < -0.39 is 0 Å². The predicted octanol–water partition coefficient (Wildman–Crippen LogP) is 3.02. The Labute approximate surface area is 125 Å². The number of benzene rings is 1. The van der Waals surface area contributed by atoms with Gasteiger partial charge in [-0.2, -0.15) is 5.10 Å². The van der Waals surface area contributed by atoms with E-state index in [1.54, 1.807) is 11.1 Å². The Morgan fingerprint density at radius 2 is 2.10 bits per heavy atom. The van der Waals surface area contributed by atoms with E-state index >= 15 is 0 Å². The summed E-state index contributed by atoms with van der Waals surface area (Å²) in [6, 6.07) is 9.93. The molecular formula is C16H22N4O. The molecule has 2 aromatic rings. The molecule has 1 aromatic heterocycles. The topological polar surface area (TPSA) is 61.0 Å². The van der Waals surface area contributed by atoms with Crippen molar-refractivity contribution in [1.29, 1.82) is 0 Å². The van der Waals surface area contributed by atoms with E-state index in [-0.39, 0.29) is 6.03 Å². The second-order valence-electron chi connectivity index (χ2n) is 5.07. The number of carbonyl (C=O) groups excluding carboxylic acids is 1. The molecule has 0 fully saturated rings. The van der Waals surface area contributed by atoms with Crippen molar-refractivity contribution in [2.24, 2.45) is 0 Å². The molecule has 0 unspecified atom stereocenters. The van der Waals surface area contributed by atoms with Gasteiger partial charge in [-0.1, -0.05) is 43.7 Å². The zero-order chi connectivity index (χ0) is 15.1. The molecule has 2 rings (SSSR count). The zero-order valence-electron chi connectivity index (χ0n) is 12.6. The molecule has 0 spiro atoms.